The fourth-order valence-electron chi connectivity index (χ4n) is 3.75. The number of nitrogens with zero attached hydrogens (tertiary/aromatic N) is 4. The highest BCUT2D eigenvalue weighted by Gasteiger charge is 2.17. The van der Waals surface area contributed by atoms with Crippen LogP contribution in [-0.4, -0.2) is 39.2 Å². The third kappa shape index (κ3) is 4.57. The summed E-state index contributed by atoms with van der Waals surface area (Å²) < 4.78 is 18.9. The van der Waals surface area contributed by atoms with Crippen LogP contribution in [0, 0.1) is 13.8 Å². The Morgan fingerprint density at radius 2 is 1.75 bits per heavy atom. The van der Waals surface area contributed by atoms with E-state index >= 15 is 0 Å². The Morgan fingerprint density at radius 1 is 1.00 bits per heavy atom. The Labute approximate surface area is 187 Å². The van der Waals surface area contributed by atoms with Gasteiger partial charge in [-0.05, 0) is 49.7 Å². The molecule has 7 nitrogen and oxygen atoms in total. The van der Waals surface area contributed by atoms with Crippen LogP contribution in [0.3, 0.4) is 0 Å². The lowest BCUT2D eigenvalue weighted by atomic mass is 10.1. The third-order valence-corrected chi connectivity index (χ3v) is 5.66. The van der Waals surface area contributed by atoms with Crippen molar-refractivity contribution >= 4 is 0 Å². The second kappa shape index (κ2) is 8.96. The van der Waals surface area contributed by atoms with Crippen LogP contribution in [0.4, 0.5) is 0 Å². The van der Waals surface area contributed by atoms with Crippen molar-refractivity contribution in [3.05, 3.63) is 71.4 Å². The second-order valence-electron chi connectivity index (χ2n) is 8.19. The lowest BCUT2D eigenvalue weighted by Gasteiger charge is -2.23. The Hall–Kier alpha value is -3.45. The molecule has 4 aromatic rings. The van der Waals surface area contributed by atoms with Gasteiger partial charge in [0.1, 0.15) is 11.9 Å². The molecule has 3 heterocycles. The molecule has 0 N–H and O–H groups in total. The van der Waals surface area contributed by atoms with E-state index in [1.807, 2.05) is 41.9 Å². The van der Waals surface area contributed by atoms with Gasteiger partial charge >= 0.3 is 0 Å². The van der Waals surface area contributed by atoms with E-state index in [1.165, 1.54) is 11.1 Å². The minimum Gasteiger partial charge on any atom is -0.490 e. The van der Waals surface area contributed by atoms with Gasteiger partial charge in [-0.25, -0.2) is 0 Å². The molecule has 1 aliphatic rings. The van der Waals surface area contributed by atoms with Crippen molar-refractivity contribution in [2.45, 2.75) is 39.3 Å². The van der Waals surface area contributed by atoms with E-state index in [0.29, 0.717) is 24.0 Å². The van der Waals surface area contributed by atoms with Gasteiger partial charge in [-0.2, -0.15) is 10.1 Å². The van der Waals surface area contributed by atoms with Gasteiger partial charge in [0, 0.05) is 24.1 Å². The summed E-state index contributed by atoms with van der Waals surface area (Å²) in [6.45, 7) is 6.32. The lowest BCUT2D eigenvalue weighted by molar-refractivity contribution is 0.0256. The molecule has 0 amide bonds. The summed E-state index contributed by atoms with van der Waals surface area (Å²) in [5, 5.41) is 8.82. The Morgan fingerprint density at radius 3 is 2.50 bits per heavy atom. The van der Waals surface area contributed by atoms with Crippen molar-refractivity contribution in [1.82, 2.24) is 19.9 Å². The molecular formula is C25H26N4O3. The van der Waals surface area contributed by atoms with E-state index in [2.05, 4.69) is 46.4 Å². The first-order valence-electron chi connectivity index (χ1n) is 10.9. The largest absolute Gasteiger partial charge is 0.490 e. The molecule has 1 fully saturated rings. The van der Waals surface area contributed by atoms with Gasteiger partial charge in [-0.1, -0.05) is 35.0 Å². The summed E-state index contributed by atoms with van der Waals surface area (Å²) in [4.78, 5) is 4.56. The van der Waals surface area contributed by atoms with Gasteiger partial charge in [0.15, 0.2) is 5.69 Å². The first-order chi connectivity index (χ1) is 15.6. The third-order valence-electron chi connectivity index (χ3n) is 5.66. The molecule has 2 aromatic heterocycles. The van der Waals surface area contributed by atoms with E-state index in [1.54, 1.807) is 0 Å². The maximum Gasteiger partial charge on any atom is 0.278 e. The summed E-state index contributed by atoms with van der Waals surface area (Å²) in [5.74, 6) is 1.78. The summed E-state index contributed by atoms with van der Waals surface area (Å²) in [5.41, 5.74) is 5.02. The van der Waals surface area contributed by atoms with Crippen LogP contribution in [-0.2, 0) is 11.3 Å². The van der Waals surface area contributed by atoms with E-state index in [4.69, 9.17) is 14.0 Å². The maximum absolute atomic E-state index is 6.03. The summed E-state index contributed by atoms with van der Waals surface area (Å²) in [6.07, 6.45) is 2.06. The zero-order valence-electron chi connectivity index (χ0n) is 18.3. The molecule has 0 atom stereocenters. The van der Waals surface area contributed by atoms with E-state index in [-0.39, 0.29) is 6.10 Å². The molecule has 0 saturated carbocycles. The van der Waals surface area contributed by atoms with E-state index in [9.17, 15) is 0 Å². The van der Waals surface area contributed by atoms with Crippen LogP contribution in [0.15, 0.2) is 59.1 Å². The quantitative estimate of drug-likeness (QED) is 0.436. The molecule has 1 saturated heterocycles. The van der Waals surface area contributed by atoms with Gasteiger partial charge in [-0.15, -0.1) is 0 Å². The molecule has 2 aromatic carbocycles. The Balaban J connectivity index is 1.28. The fourth-order valence-corrected chi connectivity index (χ4v) is 3.75. The Kier molecular flexibility index (Phi) is 5.73. The minimum atomic E-state index is 0.213. The van der Waals surface area contributed by atoms with E-state index in [0.717, 1.165) is 43.1 Å². The first-order valence-corrected chi connectivity index (χ1v) is 10.9. The SMILES string of the molecule is Cc1ccc(Cn2nc(-c3nc(-c4ccc(OC5CCOCC5)cc4)no3)cc2C)cc1. The molecule has 0 aliphatic carbocycles. The monoisotopic (exact) mass is 430 g/mol. The molecule has 5 rings (SSSR count). The van der Waals surface area contributed by atoms with Crippen molar-refractivity contribution < 1.29 is 14.0 Å². The summed E-state index contributed by atoms with van der Waals surface area (Å²) in [6, 6.07) is 18.2. The molecule has 7 heteroatoms. The molecule has 0 spiro atoms. The van der Waals surface area contributed by atoms with Crippen LogP contribution in [0.25, 0.3) is 23.0 Å². The van der Waals surface area contributed by atoms with Gasteiger partial charge in [0.25, 0.3) is 5.89 Å². The smallest absolute Gasteiger partial charge is 0.278 e. The zero-order valence-corrected chi connectivity index (χ0v) is 18.3. The zero-order chi connectivity index (χ0) is 21.9. The molecule has 0 bridgehead atoms. The number of rotatable bonds is 6. The lowest BCUT2D eigenvalue weighted by Crippen LogP contribution is -2.25. The average Bonchev–Trinajstić information content (AvgIpc) is 3.44. The van der Waals surface area contributed by atoms with Crippen LogP contribution >= 0.6 is 0 Å². The molecule has 164 valence electrons. The fraction of sp³-hybridized carbons (Fsp3) is 0.320. The van der Waals surface area contributed by atoms with E-state index < -0.39 is 0 Å². The highest BCUT2D eigenvalue weighted by atomic mass is 16.5. The van der Waals surface area contributed by atoms with Gasteiger partial charge in [0.2, 0.25) is 5.82 Å². The predicted octanol–water partition coefficient (Wildman–Crippen LogP) is 4.82. The van der Waals surface area contributed by atoms with Crippen LogP contribution in [0.2, 0.25) is 0 Å². The van der Waals surface area contributed by atoms with Crippen molar-refractivity contribution in [1.29, 1.82) is 0 Å². The normalized spacial score (nSPS) is 14.6. The van der Waals surface area contributed by atoms with Crippen LogP contribution in [0.1, 0.15) is 29.7 Å². The topological polar surface area (TPSA) is 75.2 Å². The average molecular weight is 431 g/mol. The molecule has 0 unspecified atom stereocenters. The number of hydrogen-bond donors (Lipinski definition) is 0. The second-order valence-corrected chi connectivity index (χ2v) is 8.19. The van der Waals surface area contributed by atoms with Gasteiger partial charge in [-0.3, -0.25) is 4.68 Å². The first kappa shape index (κ1) is 20.5. The number of benzene rings is 2. The molecule has 1 aliphatic heterocycles. The predicted molar refractivity (Wildman–Crippen MR) is 120 cm³/mol. The molecule has 32 heavy (non-hydrogen) atoms. The highest BCUT2D eigenvalue weighted by molar-refractivity contribution is 5.59. The van der Waals surface area contributed by atoms with Gasteiger partial charge < -0.3 is 14.0 Å². The maximum atomic E-state index is 6.03. The summed E-state index contributed by atoms with van der Waals surface area (Å²) >= 11 is 0. The number of aryl methyl sites for hydroxylation is 2. The molecule has 0 radical (unpaired) electrons. The number of hydrogen-bond acceptors (Lipinski definition) is 6. The van der Waals surface area contributed by atoms with Gasteiger partial charge in [0.05, 0.1) is 19.8 Å². The van der Waals surface area contributed by atoms with Crippen molar-refractivity contribution in [3.63, 3.8) is 0 Å². The van der Waals surface area contributed by atoms with Crippen molar-refractivity contribution in [3.8, 4) is 28.7 Å². The minimum absolute atomic E-state index is 0.213. The van der Waals surface area contributed by atoms with Crippen molar-refractivity contribution in [2.24, 2.45) is 0 Å². The van der Waals surface area contributed by atoms with Crippen LogP contribution in [0.5, 0.6) is 5.75 Å². The van der Waals surface area contributed by atoms with Crippen molar-refractivity contribution in [2.75, 3.05) is 13.2 Å². The van der Waals surface area contributed by atoms with Crippen LogP contribution < -0.4 is 4.74 Å². The standard InChI is InChI=1S/C25H26N4O3/c1-17-3-5-19(6-4-17)16-29-18(2)15-23(27-29)25-26-24(28-32-25)20-7-9-21(10-8-20)31-22-11-13-30-14-12-22/h3-10,15,22H,11-14,16H2,1-2H3. The summed E-state index contributed by atoms with van der Waals surface area (Å²) in [7, 11) is 0. The highest BCUT2D eigenvalue weighted by Crippen LogP contribution is 2.25. The Bertz CT molecular complexity index is 1170. The number of ether oxygens (including phenoxy) is 2. The number of aromatic nitrogens is 4. The molecular weight excluding hydrogens is 404 g/mol.